The summed E-state index contributed by atoms with van der Waals surface area (Å²) in [7, 11) is 0. The zero-order chi connectivity index (χ0) is 36.3. The highest BCUT2D eigenvalue weighted by molar-refractivity contribution is 7.26. The highest BCUT2D eigenvalue weighted by Gasteiger charge is 2.18. The van der Waals surface area contributed by atoms with Crippen molar-refractivity contribution >= 4 is 63.8 Å². The fourth-order valence-electron chi connectivity index (χ4n) is 8.08. The largest absolute Gasteiger partial charge is 0.208 e. The van der Waals surface area contributed by atoms with Crippen molar-refractivity contribution in [2.24, 2.45) is 0 Å². The number of thiophene rings is 1. The van der Waals surface area contributed by atoms with E-state index in [2.05, 4.69) is 152 Å². The Bertz CT molecular complexity index is 3200. The Morgan fingerprint density at radius 2 is 0.818 bits per heavy atom. The molecular weight excluding hydrogens is 687 g/mol. The second kappa shape index (κ2) is 12.8. The molecule has 0 N–H and O–H groups in total. The van der Waals surface area contributed by atoms with Crippen LogP contribution in [0.2, 0.25) is 0 Å². The van der Waals surface area contributed by atoms with Crippen LogP contribution in [0.25, 0.3) is 109 Å². The SMILES string of the molecule is c1ccc(-c2nc(-c3ccccc3)nc(-c3cccc4sc5ccc(-c6ccc(-c7ccc8ccc9ccccc9c8c7)c7ccccc67)cc5c34)n2)cc1. The molecule has 2 heterocycles. The fourth-order valence-corrected chi connectivity index (χ4v) is 9.19. The quantitative estimate of drug-likeness (QED) is 0.166. The van der Waals surface area contributed by atoms with Crippen molar-refractivity contribution in [3.8, 4) is 56.4 Å². The molecule has 0 aliphatic heterocycles. The minimum absolute atomic E-state index is 0.660. The third-order valence-corrected chi connectivity index (χ3v) is 11.9. The average molecular weight is 718 g/mol. The van der Waals surface area contributed by atoms with E-state index in [-0.39, 0.29) is 0 Å². The molecule has 0 saturated carbocycles. The van der Waals surface area contributed by atoms with Crippen LogP contribution in [0, 0.1) is 0 Å². The van der Waals surface area contributed by atoms with Gasteiger partial charge in [-0.15, -0.1) is 11.3 Å². The van der Waals surface area contributed by atoms with E-state index in [4.69, 9.17) is 15.0 Å². The van der Waals surface area contributed by atoms with Crippen LogP contribution in [0.15, 0.2) is 188 Å². The van der Waals surface area contributed by atoms with Gasteiger partial charge in [-0.3, -0.25) is 0 Å². The second-order valence-corrected chi connectivity index (χ2v) is 15.0. The van der Waals surface area contributed by atoms with Gasteiger partial charge in [-0.1, -0.05) is 164 Å². The fraction of sp³-hybridized carbons (Fsp3) is 0. The molecule has 0 aliphatic carbocycles. The van der Waals surface area contributed by atoms with E-state index in [1.54, 1.807) is 0 Å². The van der Waals surface area contributed by atoms with E-state index < -0.39 is 0 Å². The van der Waals surface area contributed by atoms with E-state index in [0.717, 1.165) is 22.1 Å². The Balaban J connectivity index is 1.08. The lowest BCUT2D eigenvalue weighted by molar-refractivity contribution is 1.08. The summed E-state index contributed by atoms with van der Waals surface area (Å²) >= 11 is 1.81. The highest BCUT2D eigenvalue weighted by atomic mass is 32.1. The molecule has 0 saturated heterocycles. The van der Waals surface area contributed by atoms with Crippen molar-refractivity contribution < 1.29 is 0 Å². The summed E-state index contributed by atoms with van der Waals surface area (Å²) in [6, 6.07) is 67.1. The maximum absolute atomic E-state index is 5.11. The van der Waals surface area contributed by atoms with Gasteiger partial charge < -0.3 is 0 Å². The number of hydrogen-bond donors (Lipinski definition) is 0. The molecule has 0 radical (unpaired) electrons. The molecule has 55 heavy (non-hydrogen) atoms. The molecule has 256 valence electrons. The Labute approximate surface area is 321 Å². The molecule has 0 amide bonds. The van der Waals surface area contributed by atoms with Crippen LogP contribution in [-0.4, -0.2) is 15.0 Å². The number of nitrogens with zero attached hydrogens (tertiary/aromatic N) is 3. The smallest absolute Gasteiger partial charge is 0.164 e. The van der Waals surface area contributed by atoms with Gasteiger partial charge in [0.15, 0.2) is 17.5 Å². The van der Waals surface area contributed by atoms with Gasteiger partial charge in [-0.2, -0.15) is 0 Å². The Morgan fingerprint density at radius 3 is 1.49 bits per heavy atom. The zero-order valence-electron chi connectivity index (χ0n) is 29.6. The number of benzene rings is 9. The number of fused-ring (bicyclic) bond motifs is 7. The van der Waals surface area contributed by atoms with E-state index in [0.29, 0.717) is 17.5 Å². The van der Waals surface area contributed by atoms with Crippen molar-refractivity contribution in [3.05, 3.63) is 188 Å². The molecule has 4 heteroatoms. The maximum Gasteiger partial charge on any atom is 0.164 e. The normalized spacial score (nSPS) is 11.6. The van der Waals surface area contributed by atoms with Crippen molar-refractivity contribution in [2.75, 3.05) is 0 Å². The van der Waals surface area contributed by atoms with Crippen molar-refractivity contribution in [1.29, 1.82) is 0 Å². The lowest BCUT2D eigenvalue weighted by Crippen LogP contribution is -2.00. The summed E-state index contributed by atoms with van der Waals surface area (Å²) in [4.78, 5) is 15.2. The Kier molecular flexibility index (Phi) is 7.35. The predicted octanol–water partition coefficient (Wildman–Crippen LogP) is 14.0. The third kappa shape index (κ3) is 5.38. The van der Waals surface area contributed by atoms with Crippen molar-refractivity contribution in [1.82, 2.24) is 15.0 Å². The zero-order valence-corrected chi connectivity index (χ0v) is 30.5. The van der Waals surface area contributed by atoms with E-state index in [9.17, 15) is 0 Å². The van der Waals surface area contributed by atoms with Gasteiger partial charge in [0.05, 0.1) is 0 Å². The first kappa shape index (κ1) is 31.5. The van der Waals surface area contributed by atoms with E-state index >= 15 is 0 Å². The van der Waals surface area contributed by atoms with Gasteiger partial charge in [0.2, 0.25) is 0 Å². The van der Waals surface area contributed by atoms with Gasteiger partial charge in [0.1, 0.15) is 0 Å². The van der Waals surface area contributed by atoms with Crippen molar-refractivity contribution in [3.63, 3.8) is 0 Å². The summed E-state index contributed by atoms with van der Waals surface area (Å²) in [6.45, 7) is 0. The minimum Gasteiger partial charge on any atom is -0.208 e. The topological polar surface area (TPSA) is 38.7 Å². The van der Waals surface area contributed by atoms with Gasteiger partial charge in [0, 0.05) is 36.9 Å². The number of rotatable bonds is 5. The van der Waals surface area contributed by atoms with Crippen LogP contribution in [0.5, 0.6) is 0 Å². The summed E-state index contributed by atoms with van der Waals surface area (Å²) in [6.07, 6.45) is 0. The van der Waals surface area contributed by atoms with Crippen LogP contribution in [-0.2, 0) is 0 Å². The summed E-state index contributed by atoms with van der Waals surface area (Å²) < 4.78 is 2.44. The lowest BCUT2D eigenvalue weighted by atomic mass is 9.90. The molecule has 0 fully saturated rings. The lowest BCUT2D eigenvalue weighted by Gasteiger charge is -2.14. The summed E-state index contributed by atoms with van der Waals surface area (Å²) in [5.74, 6) is 1.99. The van der Waals surface area contributed by atoms with Gasteiger partial charge in [0.25, 0.3) is 0 Å². The molecule has 9 aromatic carbocycles. The number of aromatic nitrogens is 3. The van der Waals surface area contributed by atoms with Gasteiger partial charge in [-0.25, -0.2) is 15.0 Å². The van der Waals surface area contributed by atoms with Crippen LogP contribution in [0.1, 0.15) is 0 Å². The molecule has 11 aromatic rings. The second-order valence-electron chi connectivity index (χ2n) is 14.0. The Morgan fingerprint density at radius 1 is 0.291 bits per heavy atom. The molecule has 0 aliphatic rings. The monoisotopic (exact) mass is 717 g/mol. The standard InChI is InChI=1S/C51H31N3S/c1-3-13-34(14-4-1)49-52-50(35-15-5-2-6-16-35)54-51(53-49)43-20-11-21-47-48(43)45-31-37(26-29-46(45)55-47)40-28-27-39(41-18-9-10-19-42(40)41)36-25-24-33-23-22-32-12-7-8-17-38(32)44(33)30-36/h1-31H. The van der Waals surface area contributed by atoms with Gasteiger partial charge >= 0.3 is 0 Å². The van der Waals surface area contributed by atoms with Crippen LogP contribution >= 0.6 is 11.3 Å². The highest BCUT2D eigenvalue weighted by Crippen LogP contribution is 2.43. The average Bonchev–Trinajstić information content (AvgIpc) is 3.64. The molecule has 0 unspecified atom stereocenters. The molecule has 0 bridgehead atoms. The molecule has 2 aromatic heterocycles. The van der Waals surface area contributed by atoms with Gasteiger partial charge in [-0.05, 0) is 78.8 Å². The summed E-state index contributed by atoms with van der Waals surface area (Å²) in [5, 5.41) is 9.91. The van der Waals surface area contributed by atoms with E-state index in [1.165, 1.54) is 69.4 Å². The van der Waals surface area contributed by atoms with Crippen LogP contribution in [0.3, 0.4) is 0 Å². The first-order valence-corrected chi connectivity index (χ1v) is 19.3. The first-order chi connectivity index (χ1) is 27.2. The molecule has 3 nitrogen and oxygen atoms in total. The maximum atomic E-state index is 5.11. The molecule has 11 rings (SSSR count). The molecule has 0 atom stereocenters. The van der Waals surface area contributed by atoms with Crippen LogP contribution in [0.4, 0.5) is 0 Å². The first-order valence-electron chi connectivity index (χ1n) is 18.5. The summed E-state index contributed by atoms with van der Waals surface area (Å²) in [5.41, 5.74) is 7.76. The van der Waals surface area contributed by atoms with Crippen LogP contribution < -0.4 is 0 Å². The molecule has 0 spiro atoms. The predicted molar refractivity (Wildman–Crippen MR) is 232 cm³/mol. The Hall–Kier alpha value is -7.01. The van der Waals surface area contributed by atoms with Crippen molar-refractivity contribution in [2.45, 2.75) is 0 Å². The third-order valence-electron chi connectivity index (χ3n) is 10.7. The number of hydrogen-bond acceptors (Lipinski definition) is 4. The molecular formula is C51H31N3S. The minimum atomic E-state index is 0.660. The van der Waals surface area contributed by atoms with E-state index in [1.807, 2.05) is 47.7 Å².